The van der Waals surface area contributed by atoms with E-state index in [1.54, 1.807) is 6.92 Å². The normalized spacial score (nSPS) is 18.1. The van der Waals surface area contributed by atoms with E-state index >= 15 is 0 Å². The average molecular weight is 468 g/mol. The molecule has 1 atom stereocenters. The Balaban J connectivity index is 1.55. The Kier molecular flexibility index (Phi) is 6.67. The van der Waals surface area contributed by atoms with E-state index in [-0.39, 0.29) is 35.6 Å². The summed E-state index contributed by atoms with van der Waals surface area (Å²) in [5, 5.41) is 5.47. The first-order chi connectivity index (χ1) is 16.2. The maximum absolute atomic E-state index is 13.1. The molecule has 2 aromatic rings. The zero-order chi connectivity index (χ0) is 24.4. The fourth-order valence-corrected chi connectivity index (χ4v) is 4.60. The van der Waals surface area contributed by atoms with Gasteiger partial charge in [-0.25, -0.2) is 0 Å². The molecule has 0 saturated carbocycles. The average Bonchev–Trinajstić information content (AvgIpc) is 2.77. The number of aromatic amines is 1. The standard InChI is InChI=1S/C24H29N5O5/c1-4-34-23(33)15-5-7-29(8-6-15)24-27-20-19(22(32)28-24)17(12-18(30)26-20)21(31)25-16-10-13(2)9-14(3)11-16/h9-11,15,17H,4-8,12H2,1-3H3,(H,25,31)(H2,26,27,28,30,32)/t17-/m0/s1. The Hall–Kier alpha value is -3.69. The maximum Gasteiger partial charge on any atom is 0.309 e. The highest BCUT2D eigenvalue weighted by Gasteiger charge is 2.36. The fourth-order valence-electron chi connectivity index (χ4n) is 4.60. The van der Waals surface area contributed by atoms with Crippen LogP contribution >= 0.6 is 0 Å². The van der Waals surface area contributed by atoms with E-state index in [4.69, 9.17) is 4.74 Å². The Morgan fingerprint density at radius 3 is 2.47 bits per heavy atom. The van der Waals surface area contributed by atoms with Gasteiger partial charge in [-0.2, -0.15) is 4.98 Å². The molecule has 4 rings (SSSR count). The zero-order valence-electron chi connectivity index (χ0n) is 19.6. The molecule has 2 aliphatic rings. The van der Waals surface area contributed by atoms with Gasteiger partial charge in [0.2, 0.25) is 17.8 Å². The van der Waals surface area contributed by atoms with Crippen molar-refractivity contribution in [3.05, 3.63) is 45.2 Å². The third-order valence-corrected chi connectivity index (χ3v) is 6.16. The van der Waals surface area contributed by atoms with Crippen molar-refractivity contribution in [2.45, 2.75) is 46.0 Å². The number of rotatable bonds is 5. The van der Waals surface area contributed by atoms with Crippen LogP contribution in [0.4, 0.5) is 17.5 Å². The smallest absolute Gasteiger partial charge is 0.309 e. The van der Waals surface area contributed by atoms with Crippen molar-refractivity contribution in [3.8, 4) is 0 Å². The SMILES string of the molecule is CCOC(=O)C1CCN(c2nc3c(c(=O)[nH]2)[C@@H](C(=O)Nc2cc(C)cc(C)c2)CC(=O)N3)CC1. The Labute approximate surface area is 197 Å². The van der Waals surface area contributed by atoms with Gasteiger partial charge in [-0.1, -0.05) is 6.07 Å². The van der Waals surface area contributed by atoms with Crippen LogP contribution in [0.25, 0.3) is 0 Å². The molecule has 34 heavy (non-hydrogen) atoms. The van der Waals surface area contributed by atoms with Crippen LogP contribution < -0.4 is 21.1 Å². The molecule has 2 aliphatic heterocycles. The van der Waals surface area contributed by atoms with Crippen LogP contribution in [0.5, 0.6) is 0 Å². The predicted molar refractivity (Wildman–Crippen MR) is 127 cm³/mol. The fraction of sp³-hybridized carbons (Fsp3) is 0.458. The highest BCUT2D eigenvalue weighted by Crippen LogP contribution is 2.31. The van der Waals surface area contributed by atoms with Crippen molar-refractivity contribution in [2.24, 2.45) is 5.92 Å². The van der Waals surface area contributed by atoms with E-state index in [2.05, 4.69) is 20.6 Å². The molecule has 10 heteroatoms. The van der Waals surface area contributed by atoms with E-state index in [0.29, 0.717) is 44.2 Å². The van der Waals surface area contributed by atoms with Crippen LogP contribution in [0.3, 0.4) is 0 Å². The molecular formula is C24H29N5O5. The maximum atomic E-state index is 13.1. The largest absolute Gasteiger partial charge is 0.466 e. The number of amides is 2. The van der Waals surface area contributed by atoms with Gasteiger partial charge < -0.3 is 20.3 Å². The number of benzene rings is 1. The molecule has 180 valence electrons. The van der Waals surface area contributed by atoms with Crippen LogP contribution in [-0.4, -0.2) is 47.4 Å². The number of fused-ring (bicyclic) bond motifs is 1. The summed E-state index contributed by atoms with van der Waals surface area (Å²) in [6.45, 7) is 7.00. The zero-order valence-corrected chi connectivity index (χ0v) is 19.6. The summed E-state index contributed by atoms with van der Waals surface area (Å²) in [5.74, 6) is -1.75. The highest BCUT2D eigenvalue weighted by atomic mass is 16.5. The number of anilines is 3. The van der Waals surface area contributed by atoms with E-state index in [1.165, 1.54) is 0 Å². The Morgan fingerprint density at radius 2 is 1.82 bits per heavy atom. The van der Waals surface area contributed by atoms with E-state index < -0.39 is 17.4 Å². The molecule has 0 unspecified atom stereocenters. The first kappa shape index (κ1) is 23.5. The van der Waals surface area contributed by atoms with Gasteiger partial charge in [-0.15, -0.1) is 0 Å². The number of H-pyrrole nitrogens is 1. The molecule has 1 aromatic carbocycles. The van der Waals surface area contributed by atoms with Crippen molar-refractivity contribution in [1.29, 1.82) is 0 Å². The van der Waals surface area contributed by atoms with Gasteiger partial charge in [-0.3, -0.25) is 24.2 Å². The first-order valence-electron chi connectivity index (χ1n) is 11.5. The minimum atomic E-state index is -0.954. The van der Waals surface area contributed by atoms with Gasteiger partial charge >= 0.3 is 5.97 Å². The topological polar surface area (TPSA) is 133 Å². The number of hydrogen-bond donors (Lipinski definition) is 3. The lowest BCUT2D eigenvalue weighted by Crippen LogP contribution is -2.41. The third-order valence-electron chi connectivity index (χ3n) is 6.16. The summed E-state index contributed by atoms with van der Waals surface area (Å²) in [6, 6.07) is 5.66. The number of hydrogen-bond acceptors (Lipinski definition) is 7. The van der Waals surface area contributed by atoms with Crippen LogP contribution in [-0.2, 0) is 19.1 Å². The van der Waals surface area contributed by atoms with Gasteiger partial charge in [0.05, 0.1) is 24.0 Å². The first-order valence-corrected chi connectivity index (χ1v) is 11.5. The number of aromatic nitrogens is 2. The van der Waals surface area contributed by atoms with Crippen molar-refractivity contribution in [3.63, 3.8) is 0 Å². The van der Waals surface area contributed by atoms with Crippen LogP contribution in [0.15, 0.2) is 23.0 Å². The number of nitrogens with zero attached hydrogens (tertiary/aromatic N) is 2. The van der Waals surface area contributed by atoms with Gasteiger partial charge in [0.25, 0.3) is 5.56 Å². The highest BCUT2D eigenvalue weighted by molar-refractivity contribution is 6.04. The summed E-state index contributed by atoms with van der Waals surface area (Å²) in [4.78, 5) is 59.6. The van der Waals surface area contributed by atoms with Gasteiger partial charge in [0.1, 0.15) is 5.82 Å². The minimum Gasteiger partial charge on any atom is -0.466 e. The second kappa shape index (κ2) is 9.66. The van der Waals surface area contributed by atoms with Crippen LogP contribution in [0.1, 0.15) is 48.8 Å². The van der Waals surface area contributed by atoms with Crippen molar-refractivity contribution < 1.29 is 19.1 Å². The summed E-state index contributed by atoms with van der Waals surface area (Å²) in [5.41, 5.74) is 2.28. The monoisotopic (exact) mass is 467 g/mol. The number of carbonyl (C=O) groups excluding carboxylic acids is 3. The van der Waals surface area contributed by atoms with Crippen molar-refractivity contribution >= 4 is 35.2 Å². The summed E-state index contributed by atoms with van der Waals surface area (Å²) in [6.07, 6.45) is 1.01. The molecular weight excluding hydrogens is 438 g/mol. The van der Waals surface area contributed by atoms with Gasteiger partial charge in [-0.05, 0) is 56.9 Å². The lowest BCUT2D eigenvalue weighted by molar-refractivity contribution is -0.148. The second-order valence-electron chi connectivity index (χ2n) is 8.84. The molecule has 2 amide bonds. The molecule has 0 bridgehead atoms. The molecule has 1 aromatic heterocycles. The Morgan fingerprint density at radius 1 is 1.15 bits per heavy atom. The van der Waals surface area contributed by atoms with E-state index in [9.17, 15) is 19.2 Å². The number of piperidine rings is 1. The van der Waals surface area contributed by atoms with Crippen molar-refractivity contribution in [1.82, 2.24) is 9.97 Å². The molecule has 3 heterocycles. The predicted octanol–water partition coefficient (Wildman–Crippen LogP) is 2.23. The Bertz CT molecular complexity index is 1160. The summed E-state index contributed by atoms with van der Waals surface area (Å²) < 4.78 is 5.10. The molecule has 0 radical (unpaired) electrons. The van der Waals surface area contributed by atoms with E-state index in [0.717, 1.165) is 11.1 Å². The number of nitrogens with one attached hydrogen (secondary N) is 3. The molecule has 3 N–H and O–H groups in total. The molecule has 0 spiro atoms. The lowest BCUT2D eigenvalue weighted by atomic mass is 9.92. The van der Waals surface area contributed by atoms with Crippen LogP contribution in [0.2, 0.25) is 0 Å². The molecule has 1 fully saturated rings. The van der Waals surface area contributed by atoms with Gasteiger partial charge in [0, 0.05) is 25.2 Å². The van der Waals surface area contributed by atoms with Crippen LogP contribution in [0, 0.1) is 19.8 Å². The van der Waals surface area contributed by atoms with Crippen molar-refractivity contribution in [2.75, 3.05) is 35.2 Å². The number of esters is 1. The molecule has 10 nitrogen and oxygen atoms in total. The van der Waals surface area contributed by atoms with Gasteiger partial charge in [0.15, 0.2) is 0 Å². The number of carbonyl (C=O) groups is 3. The third kappa shape index (κ3) is 4.95. The quantitative estimate of drug-likeness (QED) is 0.574. The molecule has 0 aliphatic carbocycles. The summed E-state index contributed by atoms with van der Waals surface area (Å²) in [7, 11) is 0. The van der Waals surface area contributed by atoms with E-state index in [1.807, 2.05) is 36.9 Å². The number of ether oxygens (including phenoxy) is 1. The lowest BCUT2D eigenvalue weighted by Gasteiger charge is -2.32. The number of aryl methyl sites for hydroxylation is 2. The minimum absolute atomic E-state index is 0.100. The summed E-state index contributed by atoms with van der Waals surface area (Å²) >= 11 is 0. The molecule has 1 saturated heterocycles. The second-order valence-corrected chi connectivity index (χ2v) is 8.84.